The summed E-state index contributed by atoms with van der Waals surface area (Å²) in [5.74, 6) is 1.98. The van der Waals surface area contributed by atoms with Crippen molar-refractivity contribution in [3.05, 3.63) is 294 Å². The zero-order valence-electron chi connectivity index (χ0n) is 53.0. The molecule has 0 saturated carbocycles. The van der Waals surface area contributed by atoms with Gasteiger partial charge in [0.15, 0.2) is 0 Å². The molecule has 0 unspecified atom stereocenters. The number of aromatic nitrogens is 2. The van der Waals surface area contributed by atoms with E-state index in [2.05, 4.69) is 341 Å². The molecule has 5 nitrogen and oxygen atoms in total. The molecule has 1 aliphatic carbocycles. The van der Waals surface area contributed by atoms with Crippen LogP contribution in [0.1, 0.15) is 128 Å². The molecule has 0 saturated heterocycles. The van der Waals surface area contributed by atoms with Crippen LogP contribution < -0.4 is 14.5 Å². The van der Waals surface area contributed by atoms with Crippen molar-refractivity contribution in [2.75, 3.05) is 9.80 Å². The predicted octanol–water partition coefficient (Wildman–Crippen LogP) is 21.9. The van der Waals surface area contributed by atoms with Crippen molar-refractivity contribution in [3.8, 4) is 50.7 Å². The minimum atomic E-state index is -0.775. The van der Waals surface area contributed by atoms with Gasteiger partial charge in [0.05, 0.1) is 0 Å². The maximum absolute atomic E-state index is 7.45. The Morgan fingerprint density at radius 1 is 0.416 bits per heavy atom. The Hall–Kier alpha value is -8.76. The molecule has 0 amide bonds. The monoisotopic (exact) mass is 1340 g/mol. The summed E-state index contributed by atoms with van der Waals surface area (Å²) in [6.45, 7) is 29.6. The first-order chi connectivity index (χ1) is 42.1. The molecule has 3 heterocycles. The van der Waals surface area contributed by atoms with Crippen molar-refractivity contribution in [3.63, 3.8) is 0 Å². The Labute approximate surface area is 541 Å². The second kappa shape index (κ2) is 22.1. The second-order valence-electron chi connectivity index (χ2n) is 28.2. The van der Waals surface area contributed by atoms with Crippen LogP contribution in [0.15, 0.2) is 231 Å². The zero-order chi connectivity index (χ0) is 61.1. The number of nitrogens with zero attached hydrogens (tertiary/aromatic N) is 4. The number of para-hydroxylation sites is 2. The molecule has 6 heteroatoms. The molecule has 446 valence electrons. The number of fused-ring (bicyclic) bond motifs is 7. The quantitative estimate of drug-likeness (QED) is 0.135. The largest absolute Gasteiger partial charge is 0.509 e. The van der Waals surface area contributed by atoms with E-state index >= 15 is 0 Å². The number of ether oxygens (including phenoxy) is 1. The van der Waals surface area contributed by atoms with E-state index in [0.717, 1.165) is 78.2 Å². The van der Waals surface area contributed by atoms with Gasteiger partial charge in [0.25, 0.3) is 0 Å². The maximum atomic E-state index is 7.45. The fourth-order valence-electron chi connectivity index (χ4n) is 13.5. The molecule has 2 aromatic heterocycles. The van der Waals surface area contributed by atoms with Crippen LogP contribution in [0.2, 0.25) is 0 Å². The van der Waals surface area contributed by atoms with E-state index in [1.165, 1.54) is 50.1 Å². The SMILES string of the molecule is CC(C)(C)c1ccc(C2(c3cc(Oc4[c-]c5c(cc4)c4ccc(C(C)(C)C)cc4n5-c4cc(C(C)(C)C)ccn4)[c-]c(N4[CH-]N(c5c(-c6ccccc6)cc(C(C)(C)C)cc5-c5ccccc5)c5ccccc54)c3)c3ccccc3-c3ccccc32)cc1.[Pt]. The summed E-state index contributed by atoms with van der Waals surface area (Å²) < 4.78 is 9.73. The van der Waals surface area contributed by atoms with Crippen LogP contribution in [0.3, 0.4) is 0 Å². The molecule has 14 rings (SSSR count). The van der Waals surface area contributed by atoms with Crippen LogP contribution in [0.4, 0.5) is 22.7 Å². The fourth-order valence-corrected chi connectivity index (χ4v) is 13.5. The van der Waals surface area contributed by atoms with Gasteiger partial charge in [0, 0.05) is 77.9 Å². The van der Waals surface area contributed by atoms with Crippen LogP contribution in [-0.4, -0.2) is 9.55 Å². The standard InChI is InChI=1S/C83H75N4O.Pt/c1-79(2,3)56-35-37-57(38-36-56)83(71-31-21-19-29-65(71)66-30-20-22-32-72(66)83)61-45-62(51-64(46-61)88-63-40-42-68-67-41-39-58(80(4,5)6)49-75(67)87(76(68)52-63)77-50-59(43-44-84-77)81(7,8)9)85-53-86(74-34-24-23-33-73(74)85)78-69(54-25-15-13-16-26-54)47-60(82(10,11)12)48-70(78)55-27-17-14-18-28-55;/h13-50,53H,1-12H3;/q-3;. The van der Waals surface area contributed by atoms with Gasteiger partial charge in [-0.05, 0) is 131 Å². The van der Waals surface area contributed by atoms with Crippen LogP contribution in [0.5, 0.6) is 11.5 Å². The average molecular weight is 1340 g/mol. The van der Waals surface area contributed by atoms with Crippen molar-refractivity contribution in [1.82, 2.24) is 9.55 Å². The van der Waals surface area contributed by atoms with E-state index in [1.807, 2.05) is 6.20 Å². The number of rotatable bonds is 9. The maximum Gasteiger partial charge on any atom is 0.135 e. The van der Waals surface area contributed by atoms with Gasteiger partial charge in [0.2, 0.25) is 0 Å². The molecule has 0 N–H and O–H groups in total. The molecule has 0 fully saturated rings. The summed E-state index contributed by atoms with van der Waals surface area (Å²) in [6.07, 6.45) is 1.94. The number of benzene rings is 10. The fraction of sp³-hybridized carbons (Fsp3) is 0.205. The molecule has 0 spiro atoms. The van der Waals surface area contributed by atoms with Gasteiger partial charge in [-0.15, -0.1) is 53.6 Å². The summed E-state index contributed by atoms with van der Waals surface area (Å²) in [7, 11) is 0. The van der Waals surface area contributed by atoms with Crippen LogP contribution >= 0.6 is 0 Å². The number of anilines is 4. The van der Waals surface area contributed by atoms with Gasteiger partial charge in [-0.1, -0.05) is 246 Å². The Bertz CT molecular complexity index is 4560. The first kappa shape index (κ1) is 59.2. The summed E-state index contributed by atoms with van der Waals surface area (Å²) in [5, 5.41) is 2.21. The third-order valence-electron chi connectivity index (χ3n) is 18.3. The molecule has 12 aromatic rings. The molecular weight excluding hydrogens is 1260 g/mol. The first-order valence-electron chi connectivity index (χ1n) is 31.0. The van der Waals surface area contributed by atoms with E-state index in [0.29, 0.717) is 11.5 Å². The summed E-state index contributed by atoms with van der Waals surface area (Å²) in [5.41, 5.74) is 21.5. The zero-order valence-corrected chi connectivity index (χ0v) is 55.3. The minimum Gasteiger partial charge on any atom is -0.509 e. The van der Waals surface area contributed by atoms with Gasteiger partial charge in [0.1, 0.15) is 5.82 Å². The Morgan fingerprint density at radius 2 is 0.933 bits per heavy atom. The molecule has 1 aliphatic heterocycles. The molecule has 2 aliphatic rings. The van der Waals surface area contributed by atoms with Crippen molar-refractivity contribution < 1.29 is 25.8 Å². The van der Waals surface area contributed by atoms with Gasteiger partial charge in [-0.2, -0.15) is 6.07 Å². The van der Waals surface area contributed by atoms with Gasteiger partial charge < -0.3 is 19.1 Å². The Kier molecular flexibility index (Phi) is 14.7. The molecule has 0 radical (unpaired) electrons. The van der Waals surface area contributed by atoms with Crippen LogP contribution in [0.25, 0.3) is 61.0 Å². The average Bonchev–Trinajstić information content (AvgIpc) is 1.63. The van der Waals surface area contributed by atoms with Gasteiger partial charge >= 0.3 is 0 Å². The van der Waals surface area contributed by atoms with Gasteiger partial charge in [-0.25, -0.2) is 4.98 Å². The molecule has 0 bridgehead atoms. The van der Waals surface area contributed by atoms with Crippen LogP contribution in [-0.2, 0) is 48.1 Å². The van der Waals surface area contributed by atoms with E-state index in [4.69, 9.17) is 9.72 Å². The summed E-state index contributed by atoms with van der Waals surface area (Å²) >= 11 is 0. The van der Waals surface area contributed by atoms with Crippen molar-refractivity contribution >= 4 is 44.6 Å². The van der Waals surface area contributed by atoms with E-state index < -0.39 is 5.41 Å². The van der Waals surface area contributed by atoms with E-state index in [1.54, 1.807) is 0 Å². The van der Waals surface area contributed by atoms with Crippen LogP contribution in [0, 0.1) is 18.8 Å². The molecule has 10 aromatic carbocycles. The topological polar surface area (TPSA) is 33.5 Å². The number of hydrogen-bond acceptors (Lipinski definition) is 4. The Morgan fingerprint density at radius 3 is 1.52 bits per heavy atom. The van der Waals surface area contributed by atoms with E-state index in [9.17, 15) is 0 Å². The summed E-state index contributed by atoms with van der Waals surface area (Å²) in [4.78, 5) is 9.82. The smallest absolute Gasteiger partial charge is 0.135 e. The van der Waals surface area contributed by atoms with Crippen molar-refractivity contribution in [1.29, 1.82) is 0 Å². The molecule has 0 atom stereocenters. The molecule has 89 heavy (non-hydrogen) atoms. The van der Waals surface area contributed by atoms with Gasteiger partial charge in [-0.3, -0.25) is 0 Å². The second-order valence-corrected chi connectivity index (χ2v) is 28.2. The van der Waals surface area contributed by atoms with E-state index in [-0.39, 0.29) is 42.7 Å². The predicted molar refractivity (Wildman–Crippen MR) is 367 cm³/mol. The van der Waals surface area contributed by atoms with Crippen molar-refractivity contribution in [2.45, 2.75) is 110 Å². The number of hydrogen-bond donors (Lipinski definition) is 0. The normalized spacial score (nSPS) is 13.8. The summed E-state index contributed by atoms with van der Waals surface area (Å²) in [6, 6.07) is 90.6. The third-order valence-corrected chi connectivity index (χ3v) is 18.3. The third kappa shape index (κ3) is 10.3. The molecular formula is C83H75N4OPt-3. The first-order valence-corrected chi connectivity index (χ1v) is 31.0. The number of pyridine rings is 1. The Balaban J connectivity index is 0.00000729. The minimum absolute atomic E-state index is 0. The van der Waals surface area contributed by atoms with Crippen molar-refractivity contribution in [2.24, 2.45) is 0 Å².